The van der Waals surface area contributed by atoms with Gasteiger partial charge < -0.3 is 26.0 Å². The molecule has 0 aromatic heterocycles. The van der Waals surface area contributed by atoms with Crippen molar-refractivity contribution in [3.05, 3.63) is 65.2 Å². The van der Waals surface area contributed by atoms with E-state index in [1.54, 1.807) is 12.1 Å². The van der Waals surface area contributed by atoms with Crippen LogP contribution < -0.4 is 10.6 Å². The number of hydrogen-bond donors (Lipinski definition) is 5. The van der Waals surface area contributed by atoms with Crippen molar-refractivity contribution < 1.29 is 20.1 Å². The molecule has 152 valence electrons. The number of hydrogen-bond acceptors (Lipinski definition) is 4. The third-order valence-corrected chi connectivity index (χ3v) is 4.64. The molecule has 7 heteroatoms. The predicted octanol–water partition coefficient (Wildman–Crippen LogP) is 3.20. The van der Waals surface area contributed by atoms with Gasteiger partial charge in [-0.15, -0.1) is 11.6 Å². The topological polar surface area (TPSA) is 102 Å². The molecule has 6 nitrogen and oxygen atoms in total. The zero-order valence-electron chi connectivity index (χ0n) is 16.0. The fourth-order valence-corrected chi connectivity index (χ4v) is 3.04. The van der Waals surface area contributed by atoms with Crippen LogP contribution in [-0.4, -0.2) is 40.1 Å². The number of carbonyl (C=O) groups is 1. The highest BCUT2D eigenvalue weighted by molar-refractivity contribution is 6.23. The van der Waals surface area contributed by atoms with Crippen molar-refractivity contribution in [2.75, 3.05) is 6.54 Å². The Bertz CT molecular complexity index is 778. The first-order valence-corrected chi connectivity index (χ1v) is 9.47. The second kappa shape index (κ2) is 9.78. The molecule has 5 N–H and O–H groups in total. The maximum atomic E-state index is 11.1. The van der Waals surface area contributed by atoms with E-state index in [0.717, 1.165) is 16.7 Å². The summed E-state index contributed by atoms with van der Waals surface area (Å²) in [4.78, 5) is 10.5. The zero-order valence-corrected chi connectivity index (χ0v) is 16.8. The van der Waals surface area contributed by atoms with Crippen molar-refractivity contribution in [1.29, 1.82) is 0 Å². The van der Waals surface area contributed by atoms with E-state index in [9.17, 15) is 15.0 Å². The Labute approximate surface area is 170 Å². The van der Waals surface area contributed by atoms with Gasteiger partial charge in [0.05, 0.1) is 17.0 Å². The third-order valence-electron chi connectivity index (χ3n) is 4.42. The average molecular weight is 407 g/mol. The average Bonchev–Trinajstić information content (AvgIpc) is 2.60. The van der Waals surface area contributed by atoms with Gasteiger partial charge in [-0.2, -0.15) is 0 Å². The van der Waals surface area contributed by atoms with E-state index < -0.39 is 23.1 Å². The number of phenolic OH excluding ortho intramolecular Hbond substituents is 1. The van der Waals surface area contributed by atoms with E-state index in [0.29, 0.717) is 13.0 Å². The Morgan fingerprint density at radius 3 is 2.43 bits per heavy atom. The van der Waals surface area contributed by atoms with E-state index in [1.807, 2.05) is 50.2 Å². The summed E-state index contributed by atoms with van der Waals surface area (Å²) < 4.78 is 0. The fourth-order valence-electron chi connectivity index (χ4n) is 2.94. The Kier molecular flexibility index (Phi) is 7.69. The van der Waals surface area contributed by atoms with Crippen LogP contribution in [0, 0.1) is 0 Å². The summed E-state index contributed by atoms with van der Waals surface area (Å²) in [6, 6.07) is 13.9. The molecule has 2 aromatic carbocycles. The van der Waals surface area contributed by atoms with Gasteiger partial charge in [0.2, 0.25) is 0 Å². The lowest BCUT2D eigenvalue weighted by Crippen LogP contribution is -2.48. The second-order valence-corrected chi connectivity index (χ2v) is 8.25. The molecule has 0 bridgehead atoms. The number of benzene rings is 2. The first-order chi connectivity index (χ1) is 13.1. The standard InChI is InChI=1S/C21H27ClN2O4/c1-21(2,22)16-8-15(9-17(25)11-16)12-23-13-19(26)18(24-20(27)28)10-14-6-4-3-5-7-14/h3-9,11,18-19,23-26H,10,12-13H2,1-2H3,(H,27,28)/t18-,19-/m0/s1. The van der Waals surface area contributed by atoms with Gasteiger partial charge in [-0.1, -0.05) is 36.4 Å². The number of aliphatic hydroxyl groups is 1. The van der Waals surface area contributed by atoms with Gasteiger partial charge in [0.15, 0.2) is 0 Å². The Morgan fingerprint density at radius 1 is 1.14 bits per heavy atom. The molecule has 0 saturated heterocycles. The van der Waals surface area contributed by atoms with E-state index in [-0.39, 0.29) is 12.3 Å². The Morgan fingerprint density at radius 2 is 1.82 bits per heavy atom. The molecule has 0 aliphatic rings. The molecule has 0 heterocycles. The van der Waals surface area contributed by atoms with Crippen LogP contribution in [0.1, 0.15) is 30.5 Å². The van der Waals surface area contributed by atoms with Gasteiger partial charge in [-0.25, -0.2) is 4.79 Å². The third kappa shape index (κ3) is 7.03. The van der Waals surface area contributed by atoms with Crippen LogP contribution in [0.3, 0.4) is 0 Å². The fraction of sp³-hybridized carbons (Fsp3) is 0.381. The highest BCUT2D eigenvalue weighted by atomic mass is 35.5. The summed E-state index contributed by atoms with van der Waals surface area (Å²) in [6.45, 7) is 4.27. The van der Waals surface area contributed by atoms with Crippen molar-refractivity contribution in [3.8, 4) is 5.75 Å². The number of amides is 1. The molecular formula is C21H27ClN2O4. The van der Waals surface area contributed by atoms with Crippen LogP contribution in [0.15, 0.2) is 48.5 Å². The van der Waals surface area contributed by atoms with Crippen LogP contribution in [0.4, 0.5) is 4.79 Å². The first-order valence-electron chi connectivity index (χ1n) is 9.09. The summed E-state index contributed by atoms with van der Waals surface area (Å²) in [5.41, 5.74) is 2.55. The van der Waals surface area contributed by atoms with E-state index in [2.05, 4.69) is 10.6 Å². The summed E-state index contributed by atoms with van der Waals surface area (Å²) in [6.07, 6.45) is -1.72. The van der Waals surface area contributed by atoms with Crippen LogP contribution in [0.5, 0.6) is 5.75 Å². The van der Waals surface area contributed by atoms with Crippen LogP contribution >= 0.6 is 11.6 Å². The first kappa shape index (κ1) is 22.0. The number of carboxylic acid groups (broad SMARTS) is 1. The predicted molar refractivity (Wildman–Crippen MR) is 110 cm³/mol. The molecular weight excluding hydrogens is 380 g/mol. The van der Waals surface area contributed by atoms with Crippen LogP contribution in [-0.2, 0) is 17.8 Å². The van der Waals surface area contributed by atoms with Gasteiger partial charge in [0, 0.05) is 13.1 Å². The molecule has 0 aliphatic carbocycles. The lowest BCUT2D eigenvalue weighted by atomic mass is 9.99. The van der Waals surface area contributed by atoms with Crippen LogP contribution in [0.25, 0.3) is 0 Å². The smallest absolute Gasteiger partial charge is 0.404 e. The molecule has 0 unspecified atom stereocenters. The van der Waals surface area contributed by atoms with Gasteiger partial charge in [-0.05, 0) is 49.1 Å². The molecule has 0 fully saturated rings. The van der Waals surface area contributed by atoms with Gasteiger partial charge in [-0.3, -0.25) is 0 Å². The number of alkyl halides is 1. The van der Waals surface area contributed by atoms with Gasteiger partial charge in [0.25, 0.3) is 0 Å². The van der Waals surface area contributed by atoms with Crippen molar-refractivity contribution in [2.24, 2.45) is 0 Å². The highest BCUT2D eigenvalue weighted by Gasteiger charge is 2.22. The van der Waals surface area contributed by atoms with Crippen molar-refractivity contribution in [1.82, 2.24) is 10.6 Å². The number of phenols is 1. The highest BCUT2D eigenvalue weighted by Crippen LogP contribution is 2.31. The Hall–Kier alpha value is -2.28. The molecule has 1 amide bonds. The summed E-state index contributed by atoms with van der Waals surface area (Å²) >= 11 is 6.32. The zero-order chi connectivity index (χ0) is 20.7. The monoisotopic (exact) mass is 406 g/mol. The SMILES string of the molecule is CC(C)(Cl)c1cc(O)cc(CNC[C@H](O)[C@H](Cc2ccccc2)NC(=O)O)c1. The molecule has 0 saturated carbocycles. The number of halogens is 1. The molecule has 0 radical (unpaired) electrons. The quantitative estimate of drug-likeness (QED) is 0.411. The van der Waals surface area contributed by atoms with Crippen molar-refractivity contribution in [3.63, 3.8) is 0 Å². The van der Waals surface area contributed by atoms with E-state index >= 15 is 0 Å². The maximum absolute atomic E-state index is 11.1. The number of nitrogens with one attached hydrogen (secondary N) is 2. The van der Waals surface area contributed by atoms with Gasteiger partial charge in [0.1, 0.15) is 5.75 Å². The lowest BCUT2D eigenvalue weighted by Gasteiger charge is -2.24. The van der Waals surface area contributed by atoms with E-state index in [4.69, 9.17) is 16.7 Å². The molecule has 2 atom stereocenters. The van der Waals surface area contributed by atoms with Crippen LogP contribution in [0.2, 0.25) is 0 Å². The molecule has 0 aliphatic heterocycles. The minimum absolute atomic E-state index is 0.123. The Balaban J connectivity index is 1.97. The number of aromatic hydroxyl groups is 1. The minimum atomic E-state index is -1.18. The molecule has 2 rings (SSSR count). The second-order valence-electron chi connectivity index (χ2n) is 7.30. The maximum Gasteiger partial charge on any atom is 0.404 e. The number of rotatable bonds is 9. The van der Waals surface area contributed by atoms with Crippen molar-refractivity contribution >= 4 is 17.7 Å². The summed E-state index contributed by atoms with van der Waals surface area (Å²) in [7, 11) is 0. The molecule has 2 aromatic rings. The lowest BCUT2D eigenvalue weighted by molar-refractivity contribution is 0.117. The molecule has 28 heavy (non-hydrogen) atoms. The molecule has 0 spiro atoms. The van der Waals surface area contributed by atoms with Crippen molar-refractivity contribution in [2.45, 2.75) is 43.8 Å². The normalized spacial score (nSPS) is 13.7. The largest absolute Gasteiger partial charge is 0.508 e. The summed E-state index contributed by atoms with van der Waals surface area (Å²) in [5.74, 6) is 0.123. The number of aliphatic hydroxyl groups excluding tert-OH is 1. The summed E-state index contributed by atoms with van der Waals surface area (Å²) in [5, 5.41) is 34.9. The van der Waals surface area contributed by atoms with E-state index in [1.165, 1.54) is 0 Å². The van der Waals surface area contributed by atoms with Gasteiger partial charge >= 0.3 is 6.09 Å². The minimum Gasteiger partial charge on any atom is -0.508 e.